The van der Waals surface area contributed by atoms with E-state index in [4.69, 9.17) is 5.73 Å². The summed E-state index contributed by atoms with van der Waals surface area (Å²) in [5.41, 5.74) is 6.46. The first-order valence-electron chi connectivity index (χ1n) is 5.79. The Kier molecular flexibility index (Phi) is 3.66. The van der Waals surface area contributed by atoms with Crippen molar-refractivity contribution in [1.82, 2.24) is 9.97 Å². The van der Waals surface area contributed by atoms with Crippen LogP contribution >= 0.6 is 15.9 Å². The van der Waals surface area contributed by atoms with Gasteiger partial charge >= 0.3 is 0 Å². The van der Waals surface area contributed by atoms with E-state index < -0.39 is 5.41 Å². The number of nitrogen functional groups attached to an aromatic ring is 1. The number of rotatable bonds is 3. The molecular formula is C14H14BrN3O. The molecule has 0 spiro atoms. The Morgan fingerprint density at radius 2 is 2.00 bits per heavy atom. The minimum Gasteiger partial charge on any atom is -0.397 e. The second-order valence-corrected chi connectivity index (χ2v) is 5.71. The van der Waals surface area contributed by atoms with E-state index in [-0.39, 0.29) is 5.78 Å². The summed E-state index contributed by atoms with van der Waals surface area (Å²) >= 11 is 3.39. The molecule has 0 saturated heterocycles. The number of nitrogens with zero attached hydrogens (tertiary/aromatic N) is 2. The van der Waals surface area contributed by atoms with Crippen LogP contribution in [-0.2, 0) is 5.41 Å². The topological polar surface area (TPSA) is 68.9 Å². The first-order chi connectivity index (χ1) is 8.91. The number of hydrogen-bond acceptors (Lipinski definition) is 4. The average Bonchev–Trinajstić information content (AvgIpc) is 2.39. The van der Waals surface area contributed by atoms with Crippen LogP contribution in [-0.4, -0.2) is 15.8 Å². The molecule has 0 bridgehead atoms. The summed E-state index contributed by atoms with van der Waals surface area (Å²) in [5.74, 6) is -0.0851. The van der Waals surface area contributed by atoms with Crippen molar-refractivity contribution >= 4 is 27.4 Å². The summed E-state index contributed by atoms with van der Waals surface area (Å²) in [6.45, 7) is 3.67. The molecule has 0 aliphatic carbocycles. The van der Waals surface area contributed by atoms with Gasteiger partial charge in [-0.05, 0) is 38.1 Å². The first-order valence-corrected chi connectivity index (χ1v) is 6.59. The molecule has 4 nitrogen and oxygen atoms in total. The average molecular weight is 320 g/mol. The van der Waals surface area contributed by atoms with Gasteiger partial charge in [-0.15, -0.1) is 0 Å². The van der Waals surface area contributed by atoms with E-state index in [0.29, 0.717) is 17.1 Å². The van der Waals surface area contributed by atoms with E-state index in [1.807, 2.05) is 26.0 Å². The SMILES string of the molecule is CC(C)(C(=O)c1ccc(N)cn1)c1cc(Br)ccn1. The first kappa shape index (κ1) is 13.7. The fourth-order valence-corrected chi connectivity index (χ4v) is 2.06. The van der Waals surface area contributed by atoms with Gasteiger partial charge in [0.15, 0.2) is 5.78 Å². The fourth-order valence-electron chi connectivity index (χ4n) is 1.72. The number of pyridine rings is 2. The number of carbonyl (C=O) groups excluding carboxylic acids is 1. The van der Waals surface area contributed by atoms with Crippen molar-refractivity contribution in [2.24, 2.45) is 0 Å². The lowest BCUT2D eigenvalue weighted by molar-refractivity contribution is 0.0900. The Labute approximate surface area is 120 Å². The van der Waals surface area contributed by atoms with Crippen molar-refractivity contribution in [2.45, 2.75) is 19.3 Å². The van der Waals surface area contributed by atoms with E-state index in [0.717, 1.165) is 4.47 Å². The smallest absolute Gasteiger partial charge is 0.192 e. The highest BCUT2D eigenvalue weighted by molar-refractivity contribution is 9.10. The molecule has 2 rings (SSSR count). The van der Waals surface area contributed by atoms with Gasteiger partial charge in [-0.1, -0.05) is 15.9 Å². The molecule has 2 heterocycles. The molecule has 0 amide bonds. The Morgan fingerprint density at radius 1 is 1.26 bits per heavy atom. The van der Waals surface area contributed by atoms with Gasteiger partial charge in [-0.2, -0.15) is 0 Å². The quantitative estimate of drug-likeness (QED) is 0.883. The Balaban J connectivity index is 2.38. The third-order valence-electron chi connectivity index (χ3n) is 2.95. The van der Waals surface area contributed by atoms with E-state index in [1.165, 1.54) is 6.20 Å². The molecule has 0 radical (unpaired) electrons. The molecule has 2 N–H and O–H groups in total. The zero-order valence-corrected chi connectivity index (χ0v) is 12.3. The van der Waals surface area contributed by atoms with E-state index >= 15 is 0 Å². The van der Waals surface area contributed by atoms with Gasteiger partial charge in [-0.25, -0.2) is 0 Å². The van der Waals surface area contributed by atoms with Crippen molar-refractivity contribution in [3.8, 4) is 0 Å². The third kappa shape index (κ3) is 2.81. The zero-order chi connectivity index (χ0) is 14.0. The van der Waals surface area contributed by atoms with E-state index in [2.05, 4.69) is 25.9 Å². The van der Waals surface area contributed by atoms with Crippen LogP contribution in [0.3, 0.4) is 0 Å². The van der Waals surface area contributed by atoms with Crippen molar-refractivity contribution in [1.29, 1.82) is 0 Å². The molecule has 98 valence electrons. The molecule has 0 aliphatic rings. The molecule has 0 fully saturated rings. The lowest BCUT2D eigenvalue weighted by atomic mass is 9.82. The predicted molar refractivity (Wildman–Crippen MR) is 77.9 cm³/mol. The lowest BCUT2D eigenvalue weighted by Crippen LogP contribution is -2.30. The standard InChI is InChI=1S/C14H14BrN3O/c1-14(2,12-7-9(15)5-6-17-12)13(19)11-4-3-10(16)8-18-11/h3-8H,16H2,1-2H3. The molecule has 0 saturated carbocycles. The molecule has 19 heavy (non-hydrogen) atoms. The minimum atomic E-state index is -0.743. The normalized spacial score (nSPS) is 11.3. The lowest BCUT2D eigenvalue weighted by Gasteiger charge is -2.22. The summed E-state index contributed by atoms with van der Waals surface area (Å²) in [6, 6.07) is 6.97. The summed E-state index contributed by atoms with van der Waals surface area (Å²) in [7, 11) is 0. The molecule has 0 unspecified atom stereocenters. The van der Waals surface area contributed by atoms with Crippen molar-refractivity contribution in [3.63, 3.8) is 0 Å². The highest BCUT2D eigenvalue weighted by Crippen LogP contribution is 2.27. The Bertz CT molecular complexity index is 608. The number of halogens is 1. The van der Waals surface area contributed by atoms with Gasteiger partial charge in [0.05, 0.1) is 23.0 Å². The monoisotopic (exact) mass is 319 g/mol. The van der Waals surface area contributed by atoms with Crippen LogP contribution in [0.25, 0.3) is 0 Å². The second-order valence-electron chi connectivity index (χ2n) is 4.79. The van der Waals surface area contributed by atoms with Gasteiger partial charge in [-0.3, -0.25) is 14.8 Å². The summed E-state index contributed by atoms with van der Waals surface area (Å²) in [6.07, 6.45) is 3.16. The number of Topliss-reactive ketones (excluding diaryl/α,β-unsaturated/α-hetero) is 1. The highest BCUT2D eigenvalue weighted by Gasteiger charge is 2.33. The summed E-state index contributed by atoms with van der Waals surface area (Å²) in [5, 5.41) is 0. The van der Waals surface area contributed by atoms with Crippen molar-refractivity contribution in [2.75, 3.05) is 5.73 Å². The maximum atomic E-state index is 12.5. The molecule has 5 heteroatoms. The zero-order valence-electron chi connectivity index (χ0n) is 10.7. The van der Waals surface area contributed by atoms with Gasteiger partial charge in [0.2, 0.25) is 0 Å². The molecule has 0 aliphatic heterocycles. The van der Waals surface area contributed by atoms with Crippen LogP contribution in [0.15, 0.2) is 41.1 Å². The maximum Gasteiger partial charge on any atom is 0.192 e. The Morgan fingerprint density at radius 3 is 2.58 bits per heavy atom. The summed E-state index contributed by atoms with van der Waals surface area (Å²) in [4.78, 5) is 20.9. The van der Waals surface area contributed by atoms with Crippen LogP contribution in [0, 0.1) is 0 Å². The number of aromatic nitrogens is 2. The summed E-state index contributed by atoms with van der Waals surface area (Å²) < 4.78 is 0.892. The number of nitrogens with two attached hydrogens (primary N) is 1. The number of anilines is 1. The van der Waals surface area contributed by atoms with Gasteiger partial charge in [0.1, 0.15) is 5.69 Å². The molecule has 2 aromatic heterocycles. The molecular weight excluding hydrogens is 306 g/mol. The largest absolute Gasteiger partial charge is 0.397 e. The number of hydrogen-bond donors (Lipinski definition) is 1. The molecule has 0 aromatic carbocycles. The van der Waals surface area contributed by atoms with Crippen LogP contribution < -0.4 is 5.73 Å². The van der Waals surface area contributed by atoms with E-state index in [9.17, 15) is 4.79 Å². The fraction of sp³-hybridized carbons (Fsp3) is 0.214. The van der Waals surface area contributed by atoms with Gasteiger partial charge in [0, 0.05) is 10.7 Å². The maximum absolute atomic E-state index is 12.5. The predicted octanol–water partition coefficient (Wildman–Crippen LogP) is 2.98. The van der Waals surface area contributed by atoms with Crippen LogP contribution in [0.5, 0.6) is 0 Å². The Hall–Kier alpha value is -1.75. The van der Waals surface area contributed by atoms with Crippen LogP contribution in [0.4, 0.5) is 5.69 Å². The van der Waals surface area contributed by atoms with Crippen LogP contribution in [0.2, 0.25) is 0 Å². The van der Waals surface area contributed by atoms with Crippen molar-refractivity contribution < 1.29 is 4.79 Å². The van der Waals surface area contributed by atoms with Gasteiger partial charge < -0.3 is 5.73 Å². The molecule has 2 aromatic rings. The highest BCUT2D eigenvalue weighted by atomic mass is 79.9. The number of carbonyl (C=O) groups is 1. The van der Waals surface area contributed by atoms with Crippen LogP contribution in [0.1, 0.15) is 30.0 Å². The van der Waals surface area contributed by atoms with E-state index in [1.54, 1.807) is 18.3 Å². The minimum absolute atomic E-state index is 0.0851. The number of ketones is 1. The molecule has 0 atom stereocenters. The van der Waals surface area contributed by atoms with Gasteiger partial charge in [0.25, 0.3) is 0 Å². The van der Waals surface area contributed by atoms with Crippen molar-refractivity contribution in [3.05, 3.63) is 52.5 Å². The second kappa shape index (κ2) is 5.09. The third-order valence-corrected chi connectivity index (χ3v) is 3.44.